The van der Waals surface area contributed by atoms with Crippen LogP contribution in [0.4, 0.5) is 0 Å². The minimum Gasteiger partial charge on any atom is -0.497 e. The van der Waals surface area contributed by atoms with Crippen molar-refractivity contribution >= 4 is 5.91 Å². The van der Waals surface area contributed by atoms with Crippen molar-refractivity contribution in [3.8, 4) is 23.0 Å². The molecule has 1 saturated heterocycles. The molecular formula is C22H23N3O4. The van der Waals surface area contributed by atoms with Crippen molar-refractivity contribution in [1.29, 1.82) is 0 Å². The number of aromatic nitrogens is 2. The first-order valence-electron chi connectivity index (χ1n) is 9.47. The Morgan fingerprint density at radius 2 is 2.00 bits per heavy atom. The van der Waals surface area contributed by atoms with E-state index in [0.717, 1.165) is 28.2 Å². The number of ether oxygens (including phenoxy) is 2. The highest BCUT2D eigenvalue weighted by Gasteiger charge is 2.34. The van der Waals surface area contributed by atoms with Crippen LogP contribution in [-0.2, 0) is 11.3 Å². The lowest BCUT2D eigenvalue weighted by Crippen LogP contribution is -2.24. The van der Waals surface area contributed by atoms with Crippen LogP contribution < -0.4 is 9.47 Å². The van der Waals surface area contributed by atoms with Gasteiger partial charge in [0.15, 0.2) is 5.82 Å². The zero-order chi connectivity index (χ0) is 20.4. The predicted octanol–water partition coefficient (Wildman–Crippen LogP) is 3.58. The lowest BCUT2D eigenvalue weighted by Gasteiger charge is -2.18. The highest BCUT2D eigenvalue weighted by molar-refractivity contribution is 5.79. The Balaban J connectivity index is 1.51. The quantitative estimate of drug-likeness (QED) is 0.637. The summed E-state index contributed by atoms with van der Waals surface area (Å²) in [6, 6.07) is 13.4. The van der Waals surface area contributed by atoms with Gasteiger partial charge < -0.3 is 18.9 Å². The summed E-state index contributed by atoms with van der Waals surface area (Å²) in [6.07, 6.45) is 0.360. The minimum absolute atomic E-state index is 0.0575. The van der Waals surface area contributed by atoms with Gasteiger partial charge in [-0.1, -0.05) is 23.4 Å². The fourth-order valence-electron chi connectivity index (χ4n) is 3.63. The molecule has 0 saturated carbocycles. The van der Waals surface area contributed by atoms with Gasteiger partial charge in [0.25, 0.3) is 5.89 Å². The van der Waals surface area contributed by atoms with Crippen molar-refractivity contribution in [3.63, 3.8) is 0 Å². The number of carbonyl (C=O) groups is 1. The summed E-state index contributed by atoms with van der Waals surface area (Å²) in [4.78, 5) is 19.0. The van der Waals surface area contributed by atoms with Gasteiger partial charge in [0, 0.05) is 36.6 Å². The number of nitrogens with zero attached hydrogens (tertiary/aromatic N) is 3. The fourth-order valence-corrected chi connectivity index (χ4v) is 3.63. The third-order valence-corrected chi connectivity index (χ3v) is 5.25. The Morgan fingerprint density at radius 3 is 2.76 bits per heavy atom. The molecule has 29 heavy (non-hydrogen) atoms. The van der Waals surface area contributed by atoms with Crippen LogP contribution in [0.25, 0.3) is 11.5 Å². The first-order valence-corrected chi connectivity index (χ1v) is 9.47. The number of hydrogen-bond acceptors (Lipinski definition) is 6. The highest BCUT2D eigenvalue weighted by Crippen LogP contribution is 2.32. The Hall–Kier alpha value is -3.35. The summed E-state index contributed by atoms with van der Waals surface area (Å²) < 4.78 is 16.2. The van der Waals surface area contributed by atoms with Gasteiger partial charge in [0.1, 0.15) is 11.5 Å². The fraction of sp³-hybridized carbons (Fsp3) is 0.318. The summed E-state index contributed by atoms with van der Waals surface area (Å²) in [5.41, 5.74) is 2.88. The number of hydrogen-bond donors (Lipinski definition) is 0. The standard InChI is InChI=1S/C22H23N3O4/c1-14-6-4-5-7-18(14)22-23-21(24-29-22)16-11-20(26)25(13-16)12-15-10-17(27-2)8-9-19(15)28-3/h4-10,16H,11-13H2,1-3H3. The van der Waals surface area contributed by atoms with E-state index in [1.54, 1.807) is 19.1 Å². The number of rotatable bonds is 6. The van der Waals surface area contributed by atoms with Gasteiger partial charge in [-0.25, -0.2) is 0 Å². The molecule has 150 valence electrons. The largest absolute Gasteiger partial charge is 0.497 e. The molecule has 1 aliphatic heterocycles. The molecule has 2 aromatic carbocycles. The second-order valence-electron chi connectivity index (χ2n) is 7.13. The van der Waals surface area contributed by atoms with E-state index in [9.17, 15) is 4.79 Å². The summed E-state index contributed by atoms with van der Waals surface area (Å²) in [5, 5.41) is 4.14. The summed E-state index contributed by atoms with van der Waals surface area (Å²) in [5.74, 6) is 2.46. The van der Waals surface area contributed by atoms with Gasteiger partial charge >= 0.3 is 0 Å². The molecule has 0 spiro atoms. The SMILES string of the molecule is COc1ccc(OC)c(CN2CC(c3noc(-c4ccccc4C)n3)CC2=O)c1. The first-order chi connectivity index (χ1) is 14.1. The monoisotopic (exact) mass is 393 g/mol. The van der Waals surface area contributed by atoms with E-state index in [4.69, 9.17) is 14.0 Å². The van der Waals surface area contributed by atoms with E-state index in [1.165, 1.54) is 0 Å². The zero-order valence-electron chi connectivity index (χ0n) is 16.7. The van der Waals surface area contributed by atoms with Crippen molar-refractivity contribution in [2.45, 2.75) is 25.8 Å². The van der Waals surface area contributed by atoms with Gasteiger partial charge in [-0.2, -0.15) is 4.98 Å². The Bertz CT molecular complexity index is 1030. The average Bonchev–Trinajstić information content (AvgIpc) is 3.35. The smallest absolute Gasteiger partial charge is 0.258 e. The van der Waals surface area contributed by atoms with Crippen LogP contribution in [-0.4, -0.2) is 41.7 Å². The topological polar surface area (TPSA) is 77.7 Å². The van der Waals surface area contributed by atoms with Crippen LogP contribution in [0.5, 0.6) is 11.5 Å². The Morgan fingerprint density at radius 1 is 1.17 bits per heavy atom. The molecular weight excluding hydrogens is 370 g/mol. The van der Waals surface area contributed by atoms with E-state index in [-0.39, 0.29) is 11.8 Å². The summed E-state index contributed by atoms with van der Waals surface area (Å²) in [7, 11) is 3.23. The van der Waals surface area contributed by atoms with Crippen LogP contribution in [0.3, 0.4) is 0 Å². The lowest BCUT2D eigenvalue weighted by atomic mass is 10.1. The van der Waals surface area contributed by atoms with Gasteiger partial charge in [-0.3, -0.25) is 4.79 Å². The van der Waals surface area contributed by atoms with E-state index in [0.29, 0.717) is 31.2 Å². The third kappa shape index (κ3) is 3.81. The minimum atomic E-state index is -0.0966. The van der Waals surface area contributed by atoms with Crippen molar-refractivity contribution in [2.75, 3.05) is 20.8 Å². The molecule has 1 unspecified atom stereocenters. The summed E-state index contributed by atoms with van der Waals surface area (Å²) in [6.45, 7) is 2.98. The molecule has 0 aliphatic carbocycles. The second kappa shape index (κ2) is 7.95. The van der Waals surface area contributed by atoms with E-state index < -0.39 is 0 Å². The lowest BCUT2D eigenvalue weighted by molar-refractivity contribution is -0.128. The van der Waals surface area contributed by atoms with Gasteiger partial charge in [-0.05, 0) is 36.8 Å². The maximum atomic E-state index is 12.6. The average molecular weight is 393 g/mol. The molecule has 1 aliphatic rings. The maximum absolute atomic E-state index is 12.6. The molecule has 1 aromatic heterocycles. The summed E-state index contributed by atoms with van der Waals surface area (Å²) >= 11 is 0. The van der Waals surface area contributed by atoms with Crippen molar-refractivity contribution in [1.82, 2.24) is 15.0 Å². The van der Waals surface area contributed by atoms with Crippen LogP contribution in [0, 0.1) is 6.92 Å². The number of methoxy groups -OCH3 is 2. The van der Waals surface area contributed by atoms with E-state index >= 15 is 0 Å². The van der Waals surface area contributed by atoms with Crippen LogP contribution in [0.15, 0.2) is 47.0 Å². The van der Waals surface area contributed by atoms with Crippen molar-refractivity contribution in [2.24, 2.45) is 0 Å². The van der Waals surface area contributed by atoms with Crippen LogP contribution in [0.1, 0.15) is 29.3 Å². The van der Waals surface area contributed by atoms with E-state index in [2.05, 4.69) is 10.1 Å². The van der Waals surface area contributed by atoms with Gasteiger partial charge in [-0.15, -0.1) is 0 Å². The molecule has 3 aromatic rings. The molecule has 1 amide bonds. The predicted molar refractivity (Wildman–Crippen MR) is 107 cm³/mol. The molecule has 1 fully saturated rings. The first kappa shape index (κ1) is 19.0. The molecule has 0 bridgehead atoms. The number of amides is 1. The van der Waals surface area contributed by atoms with Crippen molar-refractivity contribution < 1.29 is 18.8 Å². The van der Waals surface area contributed by atoms with Crippen LogP contribution in [0.2, 0.25) is 0 Å². The number of carbonyl (C=O) groups excluding carboxylic acids is 1. The van der Waals surface area contributed by atoms with E-state index in [1.807, 2.05) is 49.4 Å². The number of likely N-dealkylation sites (tertiary alicyclic amines) is 1. The molecule has 0 radical (unpaired) electrons. The number of aryl methyl sites for hydroxylation is 1. The van der Waals surface area contributed by atoms with Crippen LogP contribution >= 0.6 is 0 Å². The molecule has 0 N–H and O–H groups in total. The zero-order valence-corrected chi connectivity index (χ0v) is 16.7. The molecule has 4 rings (SSSR count). The maximum Gasteiger partial charge on any atom is 0.258 e. The highest BCUT2D eigenvalue weighted by atomic mass is 16.5. The Labute approximate surface area is 169 Å². The molecule has 7 heteroatoms. The molecule has 1 atom stereocenters. The molecule has 7 nitrogen and oxygen atoms in total. The Kier molecular flexibility index (Phi) is 5.20. The van der Waals surface area contributed by atoms with Gasteiger partial charge in [0.2, 0.25) is 5.91 Å². The molecule has 2 heterocycles. The number of benzene rings is 2. The third-order valence-electron chi connectivity index (χ3n) is 5.25. The normalized spacial score (nSPS) is 16.3. The second-order valence-corrected chi connectivity index (χ2v) is 7.13. The van der Waals surface area contributed by atoms with Gasteiger partial charge in [0.05, 0.1) is 14.2 Å². The van der Waals surface area contributed by atoms with Crippen molar-refractivity contribution in [3.05, 3.63) is 59.4 Å².